The van der Waals surface area contributed by atoms with Gasteiger partial charge < -0.3 is 14.9 Å². The van der Waals surface area contributed by atoms with Gasteiger partial charge in [-0.2, -0.15) is 0 Å². The summed E-state index contributed by atoms with van der Waals surface area (Å²) in [6.45, 7) is 0. The highest BCUT2D eigenvalue weighted by Gasteiger charge is 2.16. The normalized spacial score (nSPS) is 9.63. The second-order valence-electron chi connectivity index (χ2n) is 3.73. The molecule has 2 rings (SSSR count). The summed E-state index contributed by atoms with van der Waals surface area (Å²) in [4.78, 5) is 11.8. The van der Waals surface area contributed by atoms with Crippen LogP contribution >= 0.6 is 0 Å². The molecule has 0 aliphatic heterocycles. The van der Waals surface area contributed by atoms with Gasteiger partial charge in [0, 0.05) is 6.07 Å². The number of hydrogen-bond donors (Lipinski definition) is 2. The number of para-hydroxylation sites is 1. The van der Waals surface area contributed by atoms with Gasteiger partial charge in [0.2, 0.25) is 0 Å². The molecule has 0 radical (unpaired) electrons. The predicted octanol–water partition coefficient (Wildman–Crippen LogP) is 2.30. The number of rotatable bonds is 2. The largest absolute Gasteiger partial charge is 0.507 e. The zero-order valence-electron chi connectivity index (χ0n) is 9.83. The molecule has 4 nitrogen and oxygen atoms in total. The Labute approximate surface area is 109 Å². The van der Waals surface area contributed by atoms with E-state index >= 15 is 0 Å². The summed E-state index contributed by atoms with van der Waals surface area (Å²) in [5.41, 5.74) is -0.0471. The van der Waals surface area contributed by atoms with Gasteiger partial charge >= 0.3 is 5.97 Å². The molecule has 0 fully saturated rings. The van der Waals surface area contributed by atoms with Gasteiger partial charge in [-0.3, -0.25) is 0 Å². The molecule has 94 valence electrons. The van der Waals surface area contributed by atoms with Gasteiger partial charge in [0.15, 0.2) is 0 Å². The van der Waals surface area contributed by atoms with E-state index in [1.54, 1.807) is 30.3 Å². The van der Waals surface area contributed by atoms with Crippen molar-refractivity contribution in [2.75, 3.05) is 0 Å². The molecule has 0 aliphatic rings. The van der Waals surface area contributed by atoms with Gasteiger partial charge in [-0.05, 0) is 18.2 Å². The molecule has 0 aliphatic carbocycles. The number of phenols is 2. The summed E-state index contributed by atoms with van der Waals surface area (Å²) in [7, 11) is 0. The third-order valence-corrected chi connectivity index (χ3v) is 2.44. The van der Waals surface area contributed by atoms with Gasteiger partial charge in [0.25, 0.3) is 0 Å². The van der Waals surface area contributed by atoms with E-state index in [1.807, 2.05) is 0 Å². The number of carbonyl (C=O) groups excluding carboxylic acids is 1. The van der Waals surface area contributed by atoms with Crippen LogP contribution in [0.3, 0.4) is 0 Å². The van der Waals surface area contributed by atoms with Crippen LogP contribution in [0.2, 0.25) is 0 Å². The quantitative estimate of drug-likeness (QED) is 0.373. The zero-order chi connectivity index (χ0) is 13.8. The molecule has 0 saturated heterocycles. The fourth-order valence-corrected chi connectivity index (χ4v) is 1.51. The van der Waals surface area contributed by atoms with E-state index in [0.717, 1.165) is 12.1 Å². The first-order valence-corrected chi connectivity index (χ1v) is 5.41. The van der Waals surface area contributed by atoms with E-state index in [4.69, 9.17) is 11.2 Å². The molecule has 0 saturated carbocycles. The SMILES string of the molecule is C#Cc1cc(O)c(C(=O)Oc2ccccc2)cc1O. The number of phenolic OH excluding ortho intramolecular Hbond substituents is 2. The molecule has 2 aromatic rings. The monoisotopic (exact) mass is 254 g/mol. The van der Waals surface area contributed by atoms with Crippen LogP contribution in [-0.2, 0) is 0 Å². The highest BCUT2D eigenvalue weighted by Crippen LogP contribution is 2.27. The van der Waals surface area contributed by atoms with Crippen molar-refractivity contribution in [1.82, 2.24) is 0 Å². The minimum absolute atomic E-state index is 0.105. The van der Waals surface area contributed by atoms with Gasteiger partial charge in [-0.1, -0.05) is 24.1 Å². The van der Waals surface area contributed by atoms with E-state index in [9.17, 15) is 15.0 Å². The summed E-state index contributed by atoms with van der Waals surface area (Å²) in [5, 5.41) is 19.3. The Balaban J connectivity index is 2.30. The van der Waals surface area contributed by atoms with Crippen molar-refractivity contribution in [2.24, 2.45) is 0 Å². The van der Waals surface area contributed by atoms with Crippen LogP contribution in [0, 0.1) is 12.3 Å². The van der Waals surface area contributed by atoms with Gasteiger partial charge in [-0.15, -0.1) is 6.42 Å². The van der Waals surface area contributed by atoms with Gasteiger partial charge in [-0.25, -0.2) is 4.79 Å². The summed E-state index contributed by atoms with van der Waals surface area (Å²) in [6, 6.07) is 10.6. The standard InChI is InChI=1S/C15H10O4/c1-2-10-8-14(17)12(9-13(10)16)15(18)19-11-6-4-3-5-7-11/h1,3-9,16-17H. The second kappa shape index (κ2) is 5.15. The van der Waals surface area contributed by atoms with Crippen molar-refractivity contribution >= 4 is 5.97 Å². The smallest absolute Gasteiger partial charge is 0.347 e. The third kappa shape index (κ3) is 2.67. The second-order valence-corrected chi connectivity index (χ2v) is 3.73. The molecule has 0 atom stereocenters. The summed E-state index contributed by atoms with van der Waals surface area (Å²) in [5.74, 6) is 1.15. The minimum Gasteiger partial charge on any atom is -0.507 e. The molecule has 2 N–H and O–H groups in total. The molecule has 0 spiro atoms. The Bertz CT molecular complexity index is 654. The number of esters is 1. The van der Waals surface area contributed by atoms with Crippen molar-refractivity contribution in [1.29, 1.82) is 0 Å². The first-order chi connectivity index (χ1) is 9.11. The van der Waals surface area contributed by atoms with Crippen molar-refractivity contribution in [3.63, 3.8) is 0 Å². The van der Waals surface area contributed by atoms with Crippen LogP contribution in [-0.4, -0.2) is 16.2 Å². The van der Waals surface area contributed by atoms with Gasteiger partial charge in [0.1, 0.15) is 22.8 Å². The highest BCUT2D eigenvalue weighted by atomic mass is 16.5. The fourth-order valence-electron chi connectivity index (χ4n) is 1.51. The molecule has 0 amide bonds. The van der Waals surface area contributed by atoms with E-state index < -0.39 is 5.97 Å². The third-order valence-electron chi connectivity index (χ3n) is 2.44. The summed E-state index contributed by atoms with van der Waals surface area (Å²) >= 11 is 0. The lowest BCUT2D eigenvalue weighted by Gasteiger charge is -2.07. The van der Waals surface area contributed by atoms with Crippen molar-refractivity contribution in [2.45, 2.75) is 0 Å². The number of ether oxygens (including phenoxy) is 1. The minimum atomic E-state index is -0.775. The number of carbonyl (C=O) groups is 1. The van der Waals surface area contributed by atoms with Crippen LogP contribution in [0.15, 0.2) is 42.5 Å². The Kier molecular flexibility index (Phi) is 3.39. The maximum atomic E-state index is 11.8. The Morgan fingerprint density at radius 2 is 1.79 bits per heavy atom. The fraction of sp³-hybridized carbons (Fsp3) is 0. The summed E-state index contributed by atoms with van der Waals surface area (Å²) in [6.07, 6.45) is 5.13. The van der Waals surface area contributed by atoms with E-state index in [1.165, 1.54) is 0 Å². The summed E-state index contributed by atoms with van der Waals surface area (Å²) < 4.78 is 5.05. The molecule has 2 aromatic carbocycles. The number of hydrogen-bond acceptors (Lipinski definition) is 4. The molecular weight excluding hydrogens is 244 g/mol. The predicted molar refractivity (Wildman–Crippen MR) is 69.1 cm³/mol. The van der Waals surface area contributed by atoms with Crippen LogP contribution in [0.25, 0.3) is 0 Å². The number of terminal acetylenes is 1. The van der Waals surface area contributed by atoms with Crippen molar-refractivity contribution in [3.8, 4) is 29.6 Å². The van der Waals surface area contributed by atoms with E-state index in [-0.39, 0.29) is 22.6 Å². The van der Waals surface area contributed by atoms with Crippen LogP contribution < -0.4 is 4.74 Å². The Morgan fingerprint density at radius 3 is 2.42 bits per heavy atom. The maximum Gasteiger partial charge on any atom is 0.347 e. The number of benzene rings is 2. The Morgan fingerprint density at radius 1 is 1.11 bits per heavy atom. The topological polar surface area (TPSA) is 66.8 Å². The van der Waals surface area contributed by atoms with E-state index in [0.29, 0.717) is 5.75 Å². The molecule has 0 aromatic heterocycles. The molecular formula is C15H10O4. The number of aromatic hydroxyl groups is 2. The van der Waals surface area contributed by atoms with Crippen molar-refractivity contribution in [3.05, 3.63) is 53.6 Å². The molecule has 19 heavy (non-hydrogen) atoms. The molecule has 0 unspecified atom stereocenters. The Hall–Kier alpha value is -2.93. The lowest BCUT2D eigenvalue weighted by Crippen LogP contribution is -2.08. The van der Waals surface area contributed by atoms with Crippen molar-refractivity contribution < 1.29 is 19.7 Å². The lowest BCUT2D eigenvalue weighted by atomic mass is 10.1. The zero-order valence-corrected chi connectivity index (χ0v) is 9.83. The lowest BCUT2D eigenvalue weighted by molar-refractivity contribution is 0.0731. The molecule has 0 heterocycles. The van der Waals surface area contributed by atoms with Crippen LogP contribution in [0.4, 0.5) is 0 Å². The molecule has 4 heteroatoms. The highest BCUT2D eigenvalue weighted by molar-refractivity contribution is 5.94. The van der Waals surface area contributed by atoms with Gasteiger partial charge in [0.05, 0.1) is 5.56 Å². The average molecular weight is 254 g/mol. The van der Waals surface area contributed by atoms with Crippen LogP contribution in [0.1, 0.15) is 15.9 Å². The van der Waals surface area contributed by atoms with E-state index in [2.05, 4.69) is 5.92 Å². The van der Waals surface area contributed by atoms with Crippen LogP contribution in [0.5, 0.6) is 17.2 Å². The maximum absolute atomic E-state index is 11.8. The molecule has 0 bridgehead atoms. The average Bonchev–Trinajstić information content (AvgIpc) is 2.42. The first kappa shape index (κ1) is 12.5. The first-order valence-electron chi connectivity index (χ1n) is 5.41.